The predicted molar refractivity (Wildman–Crippen MR) is 127 cm³/mol. The van der Waals surface area contributed by atoms with Crippen LogP contribution in [0, 0.1) is 11.7 Å². The van der Waals surface area contributed by atoms with Crippen LogP contribution in [0.3, 0.4) is 0 Å². The second kappa shape index (κ2) is 8.53. The summed E-state index contributed by atoms with van der Waals surface area (Å²) in [5, 5.41) is 1.15. The molecule has 3 aromatic heterocycles. The number of hydrogen-bond acceptors (Lipinski definition) is 7. The van der Waals surface area contributed by atoms with Gasteiger partial charge in [-0.05, 0) is 61.9 Å². The predicted octanol–water partition coefficient (Wildman–Crippen LogP) is 5.54. The number of nitrogens with zero attached hydrogens (tertiary/aromatic N) is 2. The maximum absolute atomic E-state index is 13.5. The van der Waals surface area contributed by atoms with Crippen molar-refractivity contribution in [3.8, 4) is 0 Å². The number of fused-ring (bicyclic) bond motifs is 3. The summed E-state index contributed by atoms with van der Waals surface area (Å²) in [6.45, 7) is 2.00. The van der Waals surface area contributed by atoms with Gasteiger partial charge in [-0.3, -0.25) is 9.79 Å². The van der Waals surface area contributed by atoms with Crippen LogP contribution in [0.1, 0.15) is 53.9 Å². The number of hydrogen-bond donors (Lipinski definition) is 2. The molecule has 4 aromatic rings. The molecule has 0 bridgehead atoms. The Morgan fingerprint density at radius 2 is 2.14 bits per heavy atom. The van der Waals surface area contributed by atoms with Crippen molar-refractivity contribution < 1.29 is 23.1 Å². The number of imidazole rings is 1. The molecule has 0 radical (unpaired) electrons. The number of halogens is 1. The van der Waals surface area contributed by atoms with Crippen molar-refractivity contribution in [3.63, 3.8) is 0 Å². The molecule has 0 amide bonds. The molecular formula is C25H21FN4O4S. The van der Waals surface area contributed by atoms with E-state index in [0.717, 1.165) is 17.7 Å². The number of furan rings is 1. The molecule has 1 aliphatic heterocycles. The lowest BCUT2D eigenvalue weighted by atomic mass is 9.72. The van der Waals surface area contributed by atoms with E-state index in [1.165, 1.54) is 23.9 Å². The van der Waals surface area contributed by atoms with Gasteiger partial charge in [0, 0.05) is 23.9 Å². The Morgan fingerprint density at radius 3 is 3.00 bits per heavy atom. The highest BCUT2D eigenvalue weighted by Crippen LogP contribution is 2.48. The van der Waals surface area contributed by atoms with Gasteiger partial charge < -0.3 is 19.1 Å². The number of nitrogens with one attached hydrogen (secondary N) is 2. The van der Waals surface area contributed by atoms with Crippen molar-refractivity contribution in [2.45, 2.75) is 42.4 Å². The number of aromatic amines is 2. The summed E-state index contributed by atoms with van der Waals surface area (Å²) in [6.07, 6.45) is 3.64. The number of H-pyrrole nitrogens is 2. The van der Waals surface area contributed by atoms with Gasteiger partial charge in [0.15, 0.2) is 15.9 Å². The van der Waals surface area contributed by atoms with Crippen LogP contribution >= 0.6 is 11.8 Å². The van der Waals surface area contributed by atoms with Crippen molar-refractivity contribution in [2.24, 2.45) is 10.9 Å². The summed E-state index contributed by atoms with van der Waals surface area (Å²) in [5.41, 5.74) is 3.57. The first kappa shape index (κ1) is 21.8. The van der Waals surface area contributed by atoms with Crippen LogP contribution in [0.25, 0.3) is 11.0 Å². The normalized spacial score (nSPS) is 19.4. The Kier molecular flexibility index (Phi) is 5.32. The van der Waals surface area contributed by atoms with E-state index in [1.807, 2.05) is 12.1 Å². The van der Waals surface area contributed by atoms with Crippen molar-refractivity contribution in [1.29, 1.82) is 0 Å². The molecule has 2 unspecified atom stereocenters. The molecule has 35 heavy (non-hydrogen) atoms. The number of aliphatic imine (C=N–C) groups is 1. The fourth-order valence-electron chi connectivity index (χ4n) is 4.89. The van der Waals surface area contributed by atoms with Gasteiger partial charge in [-0.2, -0.15) is 0 Å². The minimum atomic E-state index is -0.477. The van der Waals surface area contributed by atoms with Gasteiger partial charge in [-0.25, -0.2) is 14.2 Å². The van der Waals surface area contributed by atoms with Gasteiger partial charge in [-0.15, -0.1) is 0 Å². The van der Waals surface area contributed by atoms with E-state index in [2.05, 4.69) is 15.0 Å². The Bertz CT molecular complexity index is 1500. The van der Waals surface area contributed by atoms with Crippen LogP contribution < -0.4 is 0 Å². The summed E-state index contributed by atoms with van der Waals surface area (Å²) in [7, 11) is 0. The molecule has 2 N–H and O–H groups in total. The SMILES string of the molecule is CCOC(=O)c1[nH]cc2c1N=C1CCCC(=O)C1C2c1ccc(Sc2nc3ccc(F)cc3[nH]2)o1. The van der Waals surface area contributed by atoms with E-state index < -0.39 is 17.8 Å². The van der Waals surface area contributed by atoms with Gasteiger partial charge >= 0.3 is 5.97 Å². The lowest BCUT2D eigenvalue weighted by Gasteiger charge is -2.32. The molecule has 0 saturated heterocycles. The molecule has 2 atom stereocenters. The number of carbonyl (C=O) groups excluding carboxylic acids is 2. The van der Waals surface area contributed by atoms with Crippen molar-refractivity contribution in [1.82, 2.24) is 15.0 Å². The van der Waals surface area contributed by atoms with E-state index in [4.69, 9.17) is 14.1 Å². The highest BCUT2D eigenvalue weighted by atomic mass is 32.2. The number of benzene rings is 1. The molecule has 10 heteroatoms. The highest BCUT2D eigenvalue weighted by molar-refractivity contribution is 7.99. The Morgan fingerprint density at radius 1 is 1.26 bits per heavy atom. The summed E-state index contributed by atoms with van der Waals surface area (Å²) in [6, 6.07) is 8.05. The van der Waals surface area contributed by atoms with E-state index in [0.29, 0.717) is 45.6 Å². The van der Waals surface area contributed by atoms with Gasteiger partial charge in [0.25, 0.3) is 0 Å². The number of ether oxygens (including phenoxy) is 1. The first-order valence-electron chi connectivity index (χ1n) is 11.4. The zero-order chi connectivity index (χ0) is 24.1. The van der Waals surface area contributed by atoms with Crippen LogP contribution in [0.15, 0.2) is 56.2 Å². The Labute approximate surface area is 203 Å². The third-order valence-corrected chi connectivity index (χ3v) is 7.18. The standard InChI is InChI=1S/C25H21FN4O4S/c1-2-33-24(32)23-22-13(11-27-23)20(21-15(28-22)4-3-5-17(21)31)18-8-9-19(34-18)35-25-29-14-7-6-12(26)10-16(14)30-25/h6-11,20-21,27H,2-5H2,1H3,(H,29,30). The van der Waals surface area contributed by atoms with E-state index in [1.54, 1.807) is 19.2 Å². The molecule has 1 aromatic carbocycles. The average molecular weight is 493 g/mol. The maximum atomic E-state index is 13.5. The molecule has 1 aliphatic carbocycles. The van der Waals surface area contributed by atoms with Crippen molar-refractivity contribution in [3.05, 3.63) is 59.4 Å². The summed E-state index contributed by atoms with van der Waals surface area (Å²) in [4.78, 5) is 40.8. The second-order valence-corrected chi connectivity index (χ2v) is 9.52. The van der Waals surface area contributed by atoms with Crippen LogP contribution in [0.4, 0.5) is 10.1 Å². The van der Waals surface area contributed by atoms with Gasteiger partial charge in [-0.1, -0.05) is 0 Å². The van der Waals surface area contributed by atoms with Crippen LogP contribution in [0.2, 0.25) is 0 Å². The Hall–Kier alpha value is -3.66. The maximum Gasteiger partial charge on any atom is 0.357 e. The summed E-state index contributed by atoms with van der Waals surface area (Å²) in [5.74, 6) is -0.916. The molecule has 1 saturated carbocycles. The highest BCUT2D eigenvalue weighted by Gasteiger charge is 2.44. The summed E-state index contributed by atoms with van der Waals surface area (Å²) < 4.78 is 24.9. The van der Waals surface area contributed by atoms with Crippen molar-refractivity contribution in [2.75, 3.05) is 6.61 Å². The average Bonchev–Trinajstić information content (AvgIpc) is 3.56. The number of esters is 1. The summed E-state index contributed by atoms with van der Waals surface area (Å²) >= 11 is 1.28. The minimum Gasteiger partial charge on any atom is -0.461 e. The lowest BCUT2D eigenvalue weighted by Crippen LogP contribution is -2.36. The first-order chi connectivity index (χ1) is 17.0. The molecule has 4 heterocycles. The molecule has 2 aliphatic rings. The van der Waals surface area contributed by atoms with Crippen LogP contribution in [-0.4, -0.2) is 39.0 Å². The van der Waals surface area contributed by atoms with Crippen molar-refractivity contribution >= 4 is 45.9 Å². The van der Waals surface area contributed by atoms with Gasteiger partial charge in [0.2, 0.25) is 0 Å². The van der Waals surface area contributed by atoms with E-state index in [-0.39, 0.29) is 23.9 Å². The largest absolute Gasteiger partial charge is 0.461 e. The van der Waals surface area contributed by atoms with Gasteiger partial charge in [0.05, 0.1) is 35.2 Å². The fourth-order valence-corrected chi connectivity index (χ4v) is 5.66. The molecular weight excluding hydrogens is 471 g/mol. The third kappa shape index (κ3) is 3.78. The second-order valence-electron chi connectivity index (χ2n) is 8.53. The molecule has 1 fully saturated rings. The number of ketones is 1. The number of aromatic nitrogens is 3. The zero-order valence-electron chi connectivity index (χ0n) is 18.8. The lowest BCUT2D eigenvalue weighted by molar-refractivity contribution is -0.122. The number of carbonyl (C=O) groups is 2. The Balaban J connectivity index is 1.37. The molecule has 0 spiro atoms. The smallest absolute Gasteiger partial charge is 0.357 e. The molecule has 8 nitrogen and oxygen atoms in total. The molecule has 6 rings (SSSR count). The van der Waals surface area contributed by atoms with Gasteiger partial charge in [0.1, 0.15) is 17.4 Å². The quantitative estimate of drug-likeness (QED) is 0.354. The van der Waals surface area contributed by atoms with Crippen LogP contribution in [0.5, 0.6) is 0 Å². The third-order valence-electron chi connectivity index (χ3n) is 6.38. The monoisotopic (exact) mass is 492 g/mol. The topological polar surface area (TPSA) is 113 Å². The zero-order valence-corrected chi connectivity index (χ0v) is 19.6. The minimum absolute atomic E-state index is 0.120. The van der Waals surface area contributed by atoms with E-state index >= 15 is 0 Å². The fraction of sp³-hybridized carbons (Fsp3) is 0.280. The first-order valence-corrected chi connectivity index (χ1v) is 12.2. The molecule has 178 valence electrons. The number of rotatable bonds is 5. The number of Topliss-reactive ketones (excluding diaryl/α,β-unsaturated/α-hetero) is 1. The van der Waals surface area contributed by atoms with E-state index in [9.17, 15) is 14.0 Å². The van der Waals surface area contributed by atoms with Crippen LogP contribution in [-0.2, 0) is 9.53 Å².